The van der Waals surface area contributed by atoms with Crippen LogP contribution in [0.4, 0.5) is 0 Å². The minimum absolute atomic E-state index is 0.167. The van der Waals surface area contributed by atoms with Gasteiger partial charge in [0.15, 0.2) is 0 Å². The second-order valence-corrected chi connectivity index (χ2v) is 9.56. The molecule has 160 valence electrons. The second kappa shape index (κ2) is 9.36. The molecule has 0 radical (unpaired) electrons. The zero-order chi connectivity index (χ0) is 21.0. The zero-order valence-electron chi connectivity index (χ0n) is 18.5. The van der Waals surface area contributed by atoms with E-state index in [-0.39, 0.29) is 18.1 Å². The van der Waals surface area contributed by atoms with Gasteiger partial charge in [0.1, 0.15) is 0 Å². The molecule has 3 aromatic rings. The van der Waals surface area contributed by atoms with Crippen molar-refractivity contribution >= 4 is 10.9 Å². The molecule has 1 unspecified atom stereocenters. The number of aryl methyl sites for hydroxylation is 2. The van der Waals surface area contributed by atoms with Crippen molar-refractivity contribution < 1.29 is 5.11 Å². The van der Waals surface area contributed by atoms with E-state index in [1.807, 2.05) is 0 Å². The van der Waals surface area contributed by atoms with Crippen LogP contribution in [0.5, 0.6) is 0 Å². The minimum atomic E-state index is 0.167. The largest absolute Gasteiger partial charge is 0.395 e. The Balaban J connectivity index is 1.54. The maximum atomic E-state index is 9.83. The molecule has 0 fully saturated rings. The van der Waals surface area contributed by atoms with Crippen LogP contribution >= 0.6 is 0 Å². The van der Waals surface area contributed by atoms with Gasteiger partial charge in [-0.1, -0.05) is 62.4 Å². The first kappa shape index (κ1) is 21.1. The number of aromatic nitrogens is 1. The average molecular weight is 405 g/mol. The first-order chi connectivity index (χ1) is 14.6. The van der Waals surface area contributed by atoms with Crippen LogP contribution in [0, 0.1) is 11.3 Å². The molecule has 0 aliphatic heterocycles. The number of benzene rings is 2. The smallest absolute Gasteiger partial charge is 0.0587 e. The van der Waals surface area contributed by atoms with Gasteiger partial charge in [0.25, 0.3) is 0 Å². The van der Waals surface area contributed by atoms with Crippen molar-refractivity contribution in [1.29, 1.82) is 0 Å². The van der Waals surface area contributed by atoms with Crippen LogP contribution in [-0.2, 0) is 19.3 Å². The molecular weight excluding hydrogens is 368 g/mol. The molecular formula is C27H36N2O. The van der Waals surface area contributed by atoms with Crippen molar-refractivity contribution in [2.75, 3.05) is 13.2 Å². The van der Waals surface area contributed by atoms with E-state index >= 15 is 0 Å². The Bertz CT molecular complexity index is 946. The first-order valence-corrected chi connectivity index (χ1v) is 11.6. The van der Waals surface area contributed by atoms with Crippen molar-refractivity contribution in [3.8, 4) is 0 Å². The van der Waals surface area contributed by atoms with E-state index in [0.717, 1.165) is 25.8 Å². The predicted molar refractivity (Wildman–Crippen MR) is 126 cm³/mol. The highest BCUT2D eigenvalue weighted by molar-refractivity contribution is 5.85. The number of aliphatic hydroxyl groups is 1. The fraction of sp³-hybridized carbons (Fsp3) is 0.481. The number of nitrogens with one attached hydrogen (secondary N) is 2. The molecule has 2 aromatic carbocycles. The topological polar surface area (TPSA) is 48.0 Å². The highest BCUT2D eigenvalue weighted by atomic mass is 16.3. The van der Waals surface area contributed by atoms with Gasteiger partial charge in [-0.15, -0.1) is 0 Å². The Morgan fingerprint density at radius 3 is 2.60 bits per heavy atom. The fourth-order valence-electron chi connectivity index (χ4n) is 5.15. The molecule has 4 rings (SSSR count). The summed E-state index contributed by atoms with van der Waals surface area (Å²) >= 11 is 0. The molecule has 1 aromatic heterocycles. The van der Waals surface area contributed by atoms with Gasteiger partial charge in [0.05, 0.1) is 6.61 Å². The van der Waals surface area contributed by atoms with Gasteiger partial charge >= 0.3 is 0 Å². The summed E-state index contributed by atoms with van der Waals surface area (Å²) < 4.78 is 0. The lowest BCUT2D eigenvalue weighted by Gasteiger charge is -2.39. The molecule has 0 amide bonds. The SMILES string of the molecule is CC(C)[C@@H](CO)NCC1(CCCc2ccccc2)CCc2[nH]c3ccccc3c2C1. The number of aliphatic hydroxyl groups excluding tert-OH is 1. The summed E-state index contributed by atoms with van der Waals surface area (Å²) in [4.78, 5) is 3.67. The van der Waals surface area contributed by atoms with E-state index in [4.69, 9.17) is 0 Å². The molecule has 0 bridgehead atoms. The maximum Gasteiger partial charge on any atom is 0.0587 e. The summed E-state index contributed by atoms with van der Waals surface area (Å²) in [6, 6.07) is 19.8. The van der Waals surface area contributed by atoms with Gasteiger partial charge in [-0.05, 0) is 67.1 Å². The Labute approximate surface area is 180 Å². The van der Waals surface area contributed by atoms with Crippen LogP contribution < -0.4 is 5.32 Å². The number of aromatic amines is 1. The molecule has 0 saturated heterocycles. The average Bonchev–Trinajstić information content (AvgIpc) is 3.12. The summed E-state index contributed by atoms with van der Waals surface area (Å²) in [5, 5.41) is 15.0. The van der Waals surface area contributed by atoms with Crippen LogP contribution in [0.15, 0.2) is 54.6 Å². The lowest BCUT2D eigenvalue weighted by atomic mass is 9.69. The Hall–Kier alpha value is -2.10. The van der Waals surface area contributed by atoms with Crippen molar-refractivity contribution in [2.45, 2.75) is 58.4 Å². The monoisotopic (exact) mass is 404 g/mol. The molecule has 1 aliphatic carbocycles. The highest BCUT2D eigenvalue weighted by Crippen LogP contribution is 2.42. The number of H-pyrrole nitrogens is 1. The molecule has 1 aliphatic rings. The standard InChI is InChI=1S/C27H36N2O/c1-20(2)26(18-30)28-19-27(15-8-11-21-9-4-3-5-10-21)16-14-25-23(17-27)22-12-6-7-13-24(22)29-25/h3-7,9-10,12-13,20,26,28-30H,8,11,14-19H2,1-2H3/t26-,27?/m1/s1. The summed E-state index contributed by atoms with van der Waals surface area (Å²) in [5.41, 5.74) is 5.89. The highest BCUT2D eigenvalue weighted by Gasteiger charge is 2.36. The summed E-state index contributed by atoms with van der Waals surface area (Å²) in [6.45, 7) is 5.56. The number of rotatable bonds is 9. The number of hydrogen-bond acceptors (Lipinski definition) is 2. The first-order valence-electron chi connectivity index (χ1n) is 11.6. The third-order valence-corrected chi connectivity index (χ3v) is 7.12. The number of hydrogen-bond donors (Lipinski definition) is 3. The van der Waals surface area contributed by atoms with Gasteiger partial charge in [-0.2, -0.15) is 0 Å². The Morgan fingerprint density at radius 2 is 1.83 bits per heavy atom. The Morgan fingerprint density at radius 1 is 1.07 bits per heavy atom. The molecule has 3 heteroatoms. The summed E-state index contributed by atoms with van der Waals surface area (Å²) in [7, 11) is 0. The van der Waals surface area contributed by atoms with Crippen LogP contribution in [-0.4, -0.2) is 29.3 Å². The molecule has 1 heterocycles. The van der Waals surface area contributed by atoms with Gasteiger partial charge in [0.2, 0.25) is 0 Å². The molecule has 0 spiro atoms. The lowest BCUT2D eigenvalue weighted by molar-refractivity contribution is 0.161. The van der Waals surface area contributed by atoms with Gasteiger partial charge in [0, 0.05) is 29.2 Å². The van der Waals surface area contributed by atoms with E-state index in [0.29, 0.717) is 5.92 Å². The maximum absolute atomic E-state index is 9.83. The van der Waals surface area contributed by atoms with Crippen LogP contribution in [0.2, 0.25) is 0 Å². The molecule has 2 atom stereocenters. The van der Waals surface area contributed by atoms with E-state index in [2.05, 4.69) is 78.7 Å². The van der Waals surface area contributed by atoms with Crippen LogP contribution in [0.3, 0.4) is 0 Å². The fourth-order valence-corrected chi connectivity index (χ4v) is 5.15. The molecule has 3 nitrogen and oxygen atoms in total. The van der Waals surface area contributed by atoms with Gasteiger partial charge in [-0.25, -0.2) is 0 Å². The van der Waals surface area contributed by atoms with E-state index in [1.54, 1.807) is 0 Å². The van der Waals surface area contributed by atoms with Gasteiger partial charge in [-0.3, -0.25) is 0 Å². The summed E-state index contributed by atoms with van der Waals surface area (Å²) in [5.74, 6) is 0.434. The normalized spacial score (nSPS) is 19.9. The Kier molecular flexibility index (Phi) is 6.60. The third kappa shape index (κ3) is 4.63. The van der Waals surface area contributed by atoms with Crippen molar-refractivity contribution in [3.05, 3.63) is 71.4 Å². The van der Waals surface area contributed by atoms with Crippen molar-refractivity contribution in [2.24, 2.45) is 11.3 Å². The third-order valence-electron chi connectivity index (χ3n) is 7.12. The minimum Gasteiger partial charge on any atom is -0.395 e. The number of para-hydroxylation sites is 1. The predicted octanol–water partition coefficient (Wildman–Crippen LogP) is 5.27. The van der Waals surface area contributed by atoms with Gasteiger partial charge < -0.3 is 15.4 Å². The van der Waals surface area contributed by atoms with Crippen LogP contribution in [0.1, 0.15) is 49.9 Å². The van der Waals surface area contributed by atoms with Crippen LogP contribution in [0.25, 0.3) is 10.9 Å². The molecule has 30 heavy (non-hydrogen) atoms. The quantitative estimate of drug-likeness (QED) is 0.455. The summed E-state index contributed by atoms with van der Waals surface area (Å²) in [6.07, 6.45) is 6.98. The van der Waals surface area contributed by atoms with Crippen molar-refractivity contribution in [1.82, 2.24) is 10.3 Å². The van der Waals surface area contributed by atoms with Crippen molar-refractivity contribution in [3.63, 3.8) is 0 Å². The van der Waals surface area contributed by atoms with E-state index in [1.165, 1.54) is 47.0 Å². The zero-order valence-corrected chi connectivity index (χ0v) is 18.5. The van der Waals surface area contributed by atoms with E-state index < -0.39 is 0 Å². The second-order valence-electron chi connectivity index (χ2n) is 9.56. The van der Waals surface area contributed by atoms with E-state index in [9.17, 15) is 5.11 Å². The number of fused-ring (bicyclic) bond motifs is 3. The lowest BCUT2D eigenvalue weighted by Crippen LogP contribution is -2.46. The molecule has 3 N–H and O–H groups in total. The molecule has 0 saturated carbocycles.